The highest BCUT2D eigenvalue weighted by Gasteiger charge is 2.53. The first-order valence-electron chi connectivity index (χ1n) is 17.0. The van der Waals surface area contributed by atoms with Gasteiger partial charge in [0.15, 0.2) is 24.4 Å². The Labute approximate surface area is 320 Å². The van der Waals surface area contributed by atoms with Crippen molar-refractivity contribution in [2.75, 3.05) is 13.2 Å². The topological polar surface area (TPSA) is 270 Å². The van der Waals surface area contributed by atoms with Crippen LogP contribution in [0.25, 0.3) is 0 Å². The molecule has 2 aliphatic rings. The average molecular weight is 797 g/mol. The summed E-state index contributed by atoms with van der Waals surface area (Å²) in [6.07, 6.45) is -11.4. The minimum absolute atomic E-state index is 0.0336. The SMILES string of the molecule is CC(=O)N[C@@H]1[C@H](OC(=O)c2ccc(O[C@@H]3O[C@@H](COC(C)=O)[C@@H](OC(C)=O)[C@@H](OC(C)=O)[C@@H]3NC(C)=O)cc2)O[C@@H](COC(C)=O)[C@@H](OC(C)=O)[C@@H]1OC(C)=O. The van der Waals surface area contributed by atoms with Crippen LogP contribution < -0.4 is 15.4 Å². The molecule has 308 valence electrons. The monoisotopic (exact) mass is 796 g/mol. The van der Waals surface area contributed by atoms with Gasteiger partial charge in [-0.05, 0) is 24.3 Å². The molecule has 0 radical (unpaired) electrons. The van der Waals surface area contributed by atoms with E-state index in [2.05, 4.69) is 10.6 Å². The summed E-state index contributed by atoms with van der Waals surface area (Å²) in [6.45, 7) is 7.86. The van der Waals surface area contributed by atoms with Crippen LogP contribution in [-0.2, 0) is 81.0 Å². The molecule has 2 amide bonds. The highest BCUT2D eigenvalue weighted by atomic mass is 16.7. The summed E-state index contributed by atoms with van der Waals surface area (Å²) in [5.41, 5.74) is -0.103. The molecule has 0 aliphatic carbocycles. The van der Waals surface area contributed by atoms with Gasteiger partial charge in [0.05, 0.1) is 5.56 Å². The lowest BCUT2D eigenvalue weighted by molar-refractivity contribution is -0.263. The zero-order valence-electron chi connectivity index (χ0n) is 31.8. The summed E-state index contributed by atoms with van der Waals surface area (Å²) in [7, 11) is 0. The lowest BCUT2D eigenvalue weighted by Gasteiger charge is -2.44. The molecule has 10 atom stereocenters. The van der Waals surface area contributed by atoms with Crippen molar-refractivity contribution in [3.05, 3.63) is 29.8 Å². The molecule has 3 rings (SSSR count). The third-order valence-corrected chi connectivity index (χ3v) is 7.71. The molecule has 0 aromatic heterocycles. The molecule has 1 aromatic carbocycles. The maximum absolute atomic E-state index is 13.5. The maximum atomic E-state index is 13.5. The van der Waals surface area contributed by atoms with E-state index in [1.165, 1.54) is 31.2 Å². The Hall–Kier alpha value is -5.83. The Morgan fingerprint density at radius 1 is 0.500 bits per heavy atom. The van der Waals surface area contributed by atoms with Crippen LogP contribution >= 0.6 is 0 Å². The van der Waals surface area contributed by atoms with Crippen LogP contribution in [0.1, 0.15) is 65.7 Å². The Balaban J connectivity index is 1.93. The Bertz CT molecular complexity index is 1650. The van der Waals surface area contributed by atoms with Crippen LogP contribution in [0.5, 0.6) is 5.75 Å². The van der Waals surface area contributed by atoms with Gasteiger partial charge in [-0.1, -0.05) is 0 Å². The van der Waals surface area contributed by atoms with Gasteiger partial charge in [0.25, 0.3) is 0 Å². The van der Waals surface area contributed by atoms with Crippen molar-refractivity contribution in [2.24, 2.45) is 0 Å². The van der Waals surface area contributed by atoms with E-state index in [1.807, 2.05) is 0 Å². The molecular formula is C35H44N2O19. The minimum Gasteiger partial charge on any atom is -0.463 e. The van der Waals surface area contributed by atoms with Crippen molar-refractivity contribution < 1.29 is 90.5 Å². The van der Waals surface area contributed by atoms with Crippen LogP contribution in [0, 0.1) is 0 Å². The standard InChI is InChI=1S/C35H44N2O19/c1-15(38)36-27-31(51-21(7)44)29(49-19(5)42)25(13-47-17(3)40)54-34(27)53-24-11-9-23(10-12-24)33(46)56-35-28(37-16(2)39)32(52-22(8)45)30(50-20(6)43)26(55-35)14-48-18(4)41/h9-12,25-32,34-35H,13-14H2,1-8H3,(H,36,38)(H,37,39)/t25-,26-,27-,28-,29+,30+,31-,32+,34+,35-/m0/s1. The van der Waals surface area contributed by atoms with Crippen molar-refractivity contribution >= 4 is 53.6 Å². The minimum atomic E-state index is -1.69. The van der Waals surface area contributed by atoms with Crippen molar-refractivity contribution in [1.82, 2.24) is 10.6 Å². The molecule has 2 heterocycles. The van der Waals surface area contributed by atoms with Crippen LogP contribution in [0.2, 0.25) is 0 Å². The van der Waals surface area contributed by atoms with Crippen molar-refractivity contribution in [3.8, 4) is 5.75 Å². The van der Waals surface area contributed by atoms with E-state index >= 15 is 0 Å². The molecule has 0 saturated carbocycles. The number of benzene rings is 1. The number of amides is 2. The molecule has 2 fully saturated rings. The number of carbonyl (C=O) groups excluding carboxylic acids is 9. The molecule has 0 spiro atoms. The average Bonchev–Trinajstić information content (AvgIpc) is 3.07. The molecule has 0 bridgehead atoms. The number of hydrogen-bond acceptors (Lipinski definition) is 19. The van der Waals surface area contributed by atoms with Gasteiger partial charge < -0.3 is 58.0 Å². The first-order chi connectivity index (χ1) is 26.2. The maximum Gasteiger partial charge on any atom is 0.340 e. The van der Waals surface area contributed by atoms with Crippen molar-refractivity contribution in [2.45, 2.75) is 117 Å². The predicted octanol–water partition coefficient (Wildman–Crippen LogP) is -0.466. The third kappa shape index (κ3) is 13.2. The van der Waals surface area contributed by atoms with Crippen LogP contribution in [0.15, 0.2) is 24.3 Å². The van der Waals surface area contributed by atoms with E-state index in [0.29, 0.717) is 0 Å². The van der Waals surface area contributed by atoms with Gasteiger partial charge in [0, 0.05) is 55.4 Å². The molecule has 1 aromatic rings. The first kappa shape index (κ1) is 44.6. The van der Waals surface area contributed by atoms with Crippen LogP contribution in [-0.4, -0.2) is 128 Å². The number of ether oxygens (including phenoxy) is 10. The fraction of sp³-hybridized carbons (Fsp3) is 0.571. The summed E-state index contributed by atoms with van der Waals surface area (Å²) in [5.74, 6) is -6.95. The Morgan fingerprint density at radius 2 is 0.875 bits per heavy atom. The number of nitrogens with one attached hydrogen (secondary N) is 2. The molecule has 21 nitrogen and oxygen atoms in total. The number of hydrogen-bond donors (Lipinski definition) is 2. The van der Waals surface area contributed by atoms with Crippen LogP contribution in [0.3, 0.4) is 0 Å². The van der Waals surface area contributed by atoms with Crippen molar-refractivity contribution in [1.29, 1.82) is 0 Å². The third-order valence-electron chi connectivity index (χ3n) is 7.71. The highest BCUT2D eigenvalue weighted by molar-refractivity contribution is 5.89. The quantitative estimate of drug-likeness (QED) is 0.178. The van der Waals surface area contributed by atoms with E-state index in [1.54, 1.807) is 0 Å². The fourth-order valence-electron chi connectivity index (χ4n) is 5.76. The summed E-state index contributed by atoms with van der Waals surface area (Å²) in [4.78, 5) is 110. The summed E-state index contributed by atoms with van der Waals surface area (Å²) >= 11 is 0. The van der Waals surface area contributed by atoms with Gasteiger partial charge in [0.2, 0.25) is 24.4 Å². The molecule has 2 N–H and O–H groups in total. The normalized spacial score (nSPS) is 26.9. The smallest absolute Gasteiger partial charge is 0.340 e. The van der Waals surface area contributed by atoms with E-state index in [4.69, 9.17) is 47.4 Å². The first-order valence-corrected chi connectivity index (χ1v) is 17.0. The van der Waals surface area contributed by atoms with E-state index in [9.17, 15) is 43.2 Å². The van der Waals surface area contributed by atoms with Gasteiger partial charge >= 0.3 is 41.8 Å². The lowest BCUT2D eigenvalue weighted by atomic mass is 9.96. The van der Waals surface area contributed by atoms with E-state index < -0.39 is 128 Å². The van der Waals surface area contributed by atoms with Gasteiger partial charge in [-0.25, -0.2) is 4.79 Å². The van der Waals surface area contributed by atoms with Gasteiger partial charge in [0.1, 0.15) is 43.3 Å². The molecule has 2 aliphatic heterocycles. The van der Waals surface area contributed by atoms with Crippen molar-refractivity contribution in [3.63, 3.8) is 0 Å². The predicted molar refractivity (Wildman–Crippen MR) is 180 cm³/mol. The molecule has 0 unspecified atom stereocenters. The van der Waals surface area contributed by atoms with Gasteiger partial charge in [-0.3, -0.25) is 38.4 Å². The van der Waals surface area contributed by atoms with E-state index in [-0.39, 0.29) is 11.3 Å². The lowest BCUT2D eigenvalue weighted by Crippen LogP contribution is -2.67. The van der Waals surface area contributed by atoms with E-state index in [0.717, 1.165) is 48.5 Å². The molecule has 21 heteroatoms. The molecular weight excluding hydrogens is 752 g/mol. The highest BCUT2D eigenvalue weighted by Crippen LogP contribution is 2.31. The molecule has 56 heavy (non-hydrogen) atoms. The second kappa shape index (κ2) is 20.2. The second-order valence-electron chi connectivity index (χ2n) is 12.5. The van der Waals surface area contributed by atoms with Crippen LogP contribution in [0.4, 0.5) is 0 Å². The fourth-order valence-corrected chi connectivity index (χ4v) is 5.76. The van der Waals surface area contributed by atoms with Gasteiger partial charge in [-0.2, -0.15) is 0 Å². The Kier molecular flexibility index (Phi) is 16.1. The summed E-state index contributed by atoms with van der Waals surface area (Å²) < 4.78 is 55.2. The second-order valence-corrected chi connectivity index (χ2v) is 12.5. The zero-order valence-corrected chi connectivity index (χ0v) is 31.8. The number of carbonyl (C=O) groups is 9. The largest absolute Gasteiger partial charge is 0.463 e. The van der Waals surface area contributed by atoms with Gasteiger partial charge in [-0.15, -0.1) is 0 Å². The molecule has 2 saturated heterocycles. The zero-order chi connectivity index (χ0) is 41.9. The summed E-state index contributed by atoms with van der Waals surface area (Å²) in [6, 6.07) is 2.42. The summed E-state index contributed by atoms with van der Waals surface area (Å²) in [5, 5.41) is 5.05. The number of esters is 7. The Morgan fingerprint density at radius 3 is 1.25 bits per heavy atom. The number of rotatable bonds is 14.